The van der Waals surface area contributed by atoms with Crippen LogP contribution in [0.5, 0.6) is 0 Å². The van der Waals surface area contributed by atoms with E-state index in [1.165, 1.54) is 29.5 Å². The Morgan fingerprint density at radius 2 is 2.37 bits per heavy atom. The Hall–Kier alpha value is -2.48. The molecule has 1 heterocycles. The molecular formula is C11H11FN4O3. The van der Waals surface area contributed by atoms with Crippen molar-refractivity contribution in [1.29, 1.82) is 0 Å². The van der Waals surface area contributed by atoms with Crippen molar-refractivity contribution in [1.82, 2.24) is 14.8 Å². The lowest BCUT2D eigenvalue weighted by molar-refractivity contribution is 0.131. The maximum absolute atomic E-state index is 13.8. The maximum Gasteiger partial charge on any atom is 0.411 e. The summed E-state index contributed by atoms with van der Waals surface area (Å²) in [7, 11) is 0. The van der Waals surface area contributed by atoms with Gasteiger partial charge in [-0.25, -0.2) is 18.9 Å². The largest absolute Gasteiger partial charge is 0.447 e. The van der Waals surface area contributed by atoms with Gasteiger partial charge in [0.2, 0.25) is 0 Å². The number of halogens is 1. The second-order valence-electron chi connectivity index (χ2n) is 3.49. The Balaban J connectivity index is 2.09. The molecule has 1 aromatic heterocycles. The van der Waals surface area contributed by atoms with Crippen LogP contribution in [0.3, 0.4) is 0 Å². The summed E-state index contributed by atoms with van der Waals surface area (Å²) in [6.45, 7) is -0.391. The number of aliphatic hydroxyl groups excluding tert-OH is 1. The van der Waals surface area contributed by atoms with Gasteiger partial charge in [-0.3, -0.25) is 5.32 Å². The van der Waals surface area contributed by atoms with Crippen molar-refractivity contribution in [2.75, 3.05) is 18.5 Å². The molecule has 0 aliphatic rings. The van der Waals surface area contributed by atoms with E-state index >= 15 is 0 Å². The Bertz CT molecular complexity index is 559. The second kappa shape index (κ2) is 5.91. The molecule has 0 atom stereocenters. The highest BCUT2D eigenvalue weighted by Crippen LogP contribution is 2.17. The molecule has 100 valence electrons. The van der Waals surface area contributed by atoms with E-state index in [0.29, 0.717) is 0 Å². The van der Waals surface area contributed by atoms with Crippen LogP contribution in [0.1, 0.15) is 0 Å². The summed E-state index contributed by atoms with van der Waals surface area (Å²) in [5, 5.41) is 14.6. The molecule has 0 radical (unpaired) electrons. The molecule has 8 heteroatoms. The number of rotatable bonds is 4. The number of carbonyl (C=O) groups excluding carboxylic acids is 1. The molecule has 0 aliphatic heterocycles. The summed E-state index contributed by atoms with van der Waals surface area (Å²) < 4.78 is 19.6. The molecular weight excluding hydrogens is 255 g/mol. The minimum absolute atomic E-state index is 0.120. The Morgan fingerprint density at radius 3 is 3.00 bits per heavy atom. The molecule has 0 spiro atoms. The molecule has 2 N–H and O–H groups in total. The Morgan fingerprint density at radius 1 is 1.53 bits per heavy atom. The van der Waals surface area contributed by atoms with E-state index in [4.69, 9.17) is 5.11 Å². The normalized spacial score (nSPS) is 10.2. The third-order valence-corrected chi connectivity index (χ3v) is 2.18. The summed E-state index contributed by atoms with van der Waals surface area (Å²) in [6, 6.07) is 4.09. The number of ether oxygens (including phenoxy) is 1. The lowest BCUT2D eigenvalue weighted by atomic mass is 10.2. The van der Waals surface area contributed by atoms with Crippen LogP contribution in [0.25, 0.3) is 5.69 Å². The number of aliphatic hydroxyl groups is 1. The van der Waals surface area contributed by atoms with E-state index < -0.39 is 11.9 Å². The van der Waals surface area contributed by atoms with E-state index in [-0.39, 0.29) is 24.6 Å². The third-order valence-electron chi connectivity index (χ3n) is 2.18. The fraction of sp³-hybridized carbons (Fsp3) is 0.182. The van der Waals surface area contributed by atoms with Gasteiger partial charge in [0.1, 0.15) is 24.9 Å². The van der Waals surface area contributed by atoms with Gasteiger partial charge in [0.15, 0.2) is 5.82 Å². The molecule has 7 nitrogen and oxygen atoms in total. The van der Waals surface area contributed by atoms with Gasteiger partial charge in [-0.05, 0) is 18.2 Å². The van der Waals surface area contributed by atoms with Gasteiger partial charge in [-0.1, -0.05) is 0 Å². The maximum atomic E-state index is 13.8. The first-order chi connectivity index (χ1) is 9.20. The zero-order chi connectivity index (χ0) is 13.7. The van der Waals surface area contributed by atoms with Crippen LogP contribution in [0.15, 0.2) is 30.9 Å². The van der Waals surface area contributed by atoms with Crippen LogP contribution in [0, 0.1) is 5.82 Å². The second-order valence-corrected chi connectivity index (χ2v) is 3.49. The number of nitrogens with one attached hydrogen (secondary N) is 1. The van der Waals surface area contributed by atoms with Crippen LogP contribution in [0.2, 0.25) is 0 Å². The highest BCUT2D eigenvalue weighted by Gasteiger charge is 2.08. The first kappa shape index (κ1) is 13.0. The van der Waals surface area contributed by atoms with E-state index in [2.05, 4.69) is 20.1 Å². The number of carbonyl (C=O) groups is 1. The summed E-state index contributed by atoms with van der Waals surface area (Å²) >= 11 is 0. The minimum atomic E-state index is -0.762. The van der Waals surface area contributed by atoms with Gasteiger partial charge in [-0.15, -0.1) is 0 Å². The van der Waals surface area contributed by atoms with E-state index in [9.17, 15) is 9.18 Å². The third kappa shape index (κ3) is 3.26. The van der Waals surface area contributed by atoms with Gasteiger partial charge in [0, 0.05) is 5.69 Å². The van der Waals surface area contributed by atoms with Crippen LogP contribution in [-0.4, -0.2) is 39.2 Å². The number of nitrogens with zero attached hydrogens (tertiary/aromatic N) is 3. The Kier molecular flexibility index (Phi) is 4.04. The SMILES string of the molecule is O=C(Nc1ccc(-n2cncn2)c(F)c1)OCCO. The Labute approximate surface area is 107 Å². The van der Waals surface area contributed by atoms with Crippen molar-refractivity contribution >= 4 is 11.8 Å². The van der Waals surface area contributed by atoms with Gasteiger partial charge in [0.05, 0.1) is 6.61 Å². The standard InChI is InChI=1S/C11H11FN4O3/c12-9-5-8(15-11(18)19-4-3-17)1-2-10(9)16-7-13-6-14-16/h1-2,5-7,17H,3-4H2,(H,15,18). The first-order valence-corrected chi connectivity index (χ1v) is 5.40. The molecule has 2 aromatic rings. The lowest BCUT2D eigenvalue weighted by Crippen LogP contribution is -2.16. The van der Waals surface area contributed by atoms with Crippen molar-refractivity contribution in [3.8, 4) is 5.69 Å². The highest BCUT2D eigenvalue weighted by molar-refractivity contribution is 5.84. The van der Waals surface area contributed by atoms with Crippen molar-refractivity contribution in [2.24, 2.45) is 0 Å². The van der Waals surface area contributed by atoms with E-state index in [1.54, 1.807) is 0 Å². The number of amides is 1. The predicted molar refractivity (Wildman–Crippen MR) is 63.4 cm³/mol. The number of anilines is 1. The lowest BCUT2D eigenvalue weighted by Gasteiger charge is -2.07. The zero-order valence-corrected chi connectivity index (χ0v) is 9.78. The summed E-state index contributed by atoms with van der Waals surface area (Å²) in [6.07, 6.45) is 1.89. The number of aromatic nitrogens is 3. The highest BCUT2D eigenvalue weighted by atomic mass is 19.1. The molecule has 0 saturated carbocycles. The van der Waals surface area contributed by atoms with E-state index in [1.807, 2.05) is 0 Å². The summed E-state index contributed by atoms with van der Waals surface area (Å²) in [5.74, 6) is -0.564. The van der Waals surface area contributed by atoms with Gasteiger partial charge in [-0.2, -0.15) is 5.10 Å². The predicted octanol–water partition coefficient (Wildman–Crippen LogP) is 0.947. The average molecular weight is 266 g/mol. The molecule has 1 amide bonds. The van der Waals surface area contributed by atoms with Gasteiger partial charge < -0.3 is 9.84 Å². The molecule has 1 aromatic carbocycles. The quantitative estimate of drug-likeness (QED) is 0.859. The number of benzene rings is 1. The van der Waals surface area contributed by atoms with Crippen molar-refractivity contribution < 1.29 is 19.0 Å². The van der Waals surface area contributed by atoms with E-state index in [0.717, 1.165) is 6.07 Å². The molecule has 0 saturated heterocycles. The van der Waals surface area contributed by atoms with Gasteiger partial charge in [0.25, 0.3) is 0 Å². The zero-order valence-electron chi connectivity index (χ0n) is 9.78. The summed E-state index contributed by atoms with van der Waals surface area (Å²) in [4.78, 5) is 14.9. The minimum Gasteiger partial charge on any atom is -0.447 e. The molecule has 0 bridgehead atoms. The van der Waals surface area contributed by atoms with Gasteiger partial charge >= 0.3 is 6.09 Å². The summed E-state index contributed by atoms with van der Waals surface area (Å²) in [5.41, 5.74) is 0.455. The van der Waals surface area contributed by atoms with Crippen LogP contribution < -0.4 is 5.32 Å². The van der Waals surface area contributed by atoms with Crippen LogP contribution in [0.4, 0.5) is 14.9 Å². The fourth-order valence-electron chi connectivity index (χ4n) is 1.40. The smallest absolute Gasteiger partial charge is 0.411 e. The number of hydrogen-bond donors (Lipinski definition) is 2. The number of hydrogen-bond acceptors (Lipinski definition) is 5. The molecule has 0 aliphatic carbocycles. The van der Waals surface area contributed by atoms with Crippen molar-refractivity contribution in [3.05, 3.63) is 36.7 Å². The molecule has 2 rings (SSSR count). The fourth-order valence-corrected chi connectivity index (χ4v) is 1.40. The van der Waals surface area contributed by atoms with Crippen molar-refractivity contribution in [2.45, 2.75) is 0 Å². The average Bonchev–Trinajstić information content (AvgIpc) is 2.90. The molecule has 0 fully saturated rings. The molecule has 0 unspecified atom stereocenters. The van der Waals surface area contributed by atoms with Crippen LogP contribution in [-0.2, 0) is 4.74 Å². The first-order valence-electron chi connectivity index (χ1n) is 5.40. The molecule has 19 heavy (non-hydrogen) atoms. The monoisotopic (exact) mass is 266 g/mol. The van der Waals surface area contributed by atoms with Crippen LogP contribution >= 0.6 is 0 Å². The topological polar surface area (TPSA) is 89.3 Å². The van der Waals surface area contributed by atoms with Crippen molar-refractivity contribution in [3.63, 3.8) is 0 Å².